The molecule has 0 aliphatic carbocycles. The summed E-state index contributed by atoms with van der Waals surface area (Å²) < 4.78 is 18.5. The van der Waals surface area contributed by atoms with Crippen LogP contribution in [0.3, 0.4) is 0 Å². The Morgan fingerprint density at radius 2 is 1.42 bits per heavy atom. The second-order valence-corrected chi connectivity index (χ2v) is 6.66. The largest absolute Gasteiger partial charge is 0.338 e. The lowest BCUT2D eigenvalue weighted by atomic mass is 10.2. The first kappa shape index (κ1) is 18.9. The predicted octanol–water partition coefficient (Wildman–Crippen LogP) is 2.34. The highest BCUT2D eigenvalue weighted by atomic mass is 19.1. The van der Waals surface area contributed by atoms with Gasteiger partial charge in [0.1, 0.15) is 5.82 Å². The van der Waals surface area contributed by atoms with Crippen LogP contribution in [0.4, 0.5) is 4.39 Å². The number of hydrogen-bond acceptors (Lipinski definition) is 6. The lowest BCUT2D eigenvalue weighted by molar-refractivity contribution is 0.193. The molecule has 2 heterocycles. The highest BCUT2D eigenvalue weighted by Crippen LogP contribution is 2.17. The van der Waals surface area contributed by atoms with Crippen LogP contribution < -0.4 is 0 Å². The van der Waals surface area contributed by atoms with Gasteiger partial charge in [0.05, 0.1) is 6.54 Å². The molecular weight excluding hydrogens is 333 g/mol. The average molecular weight is 361 g/mol. The second kappa shape index (κ2) is 9.21. The zero-order valence-corrected chi connectivity index (χ0v) is 15.7. The number of benzene rings is 1. The molecule has 6 nitrogen and oxygen atoms in total. The van der Waals surface area contributed by atoms with E-state index in [0.717, 1.165) is 57.9 Å². The summed E-state index contributed by atoms with van der Waals surface area (Å²) >= 11 is 0. The Labute approximate surface area is 154 Å². The van der Waals surface area contributed by atoms with E-state index in [1.165, 1.54) is 12.1 Å². The Hall–Kier alpha value is -1.83. The van der Waals surface area contributed by atoms with Crippen LogP contribution >= 0.6 is 0 Å². The molecule has 1 fully saturated rings. The smallest absolute Gasteiger partial charge is 0.241 e. The molecule has 0 spiro atoms. The summed E-state index contributed by atoms with van der Waals surface area (Å²) in [7, 11) is 0. The van der Waals surface area contributed by atoms with Gasteiger partial charge in [-0.05, 0) is 37.4 Å². The molecule has 0 saturated carbocycles. The van der Waals surface area contributed by atoms with E-state index in [0.29, 0.717) is 18.3 Å². The van der Waals surface area contributed by atoms with Gasteiger partial charge in [-0.2, -0.15) is 4.98 Å². The van der Waals surface area contributed by atoms with Crippen molar-refractivity contribution in [1.82, 2.24) is 24.8 Å². The van der Waals surface area contributed by atoms with Crippen molar-refractivity contribution in [2.24, 2.45) is 0 Å². The van der Waals surface area contributed by atoms with Gasteiger partial charge in [-0.1, -0.05) is 19.0 Å². The monoisotopic (exact) mass is 361 g/mol. The van der Waals surface area contributed by atoms with Crippen molar-refractivity contribution in [1.29, 1.82) is 0 Å². The maximum Gasteiger partial charge on any atom is 0.241 e. The quantitative estimate of drug-likeness (QED) is 0.815. The minimum absolute atomic E-state index is 0.268. The molecule has 142 valence electrons. The van der Waals surface area contributed by atoms with Crippen LogP contribution in [0, 0.1) is 5.82 Å². The number of hydrogen-bond donors (Lipinski definition) is 0. The Morgan fingerprint density at radius 3 is 1.96 bits per heavy atom. The Kier molecular flexibility index (Phi) is 6.71. The van der Waals surface area contributed by atoms with Crippen LogP contribution in [0.25, 0.3) is 11.4 Å². The molecule has 1 aromatic carbocycles. The zero-order chi connectivity index (χ0) is 18.4. The van der Waals surface area contributed by atoms with Crippen molar-refractivity contribution in [2.45, 2.75) is 20.4 Å². The van der Waals surface area contributed by atoms with Crippen molar-refractivity contribution in [3.8, 4) is 11.4 Å². The van der Waals surface area contributed by atoms with Gasteiger partial charge in [0, 0.05) is 44.8 Å². The maximum atomic E-state index is 13.1. The van der Waals surface area contributed by atoms with Gasteiger partial charge >= 0.3 is 0 Å². The fourth-order valence-electron chi connectivity index (χ4n) is 3.20. The second-order valence-electron chi connectivity index (χ2n) is 6.66. The molecule has 3 rings (SSSR count). The molecule has 0 bridgehead atoms. The van der Waals surface area contributed by atoms with Crippen LogP contribution in [0.5, 0.6) is 0 Å². The zero-order valence-electron chi connectivity index (χ0n) is 15.7. The van der Waals surface area contributed by atoms with Gasteiger partial charge in [0.25, 0.3) is 0 Å². The van der Waals surface area contributed by atoms with E-state index in [1.54, 1.807) is 12.1 Å². The highest BCUT2D eigenvalue weighted by molar-refractivity contribution is 5.53. The first-order valence-electron chi connectivity index (χ1n) is 9.43. The molecule has 1 saturated heterocycles. The van der Waals surface area contributed by atoms with E-state index in [1.807, 2.05) is 0 Å². The summed E-state index contributed by atoms with van der Waals surface area (Å²) in [6.45, 7) is 13.5. The molecule has 26 heavy (non-hydrogen) atoms. The summed E-state index contributed by atoms with van der Waals surface area (Å²) in [4.78, 5) is 11.8. The number of nitrogens with zero attached hydrogens (tertiary/aromatic N) is 5. The standard InChI is InChI=1S/C19H28FN5O/c1-3-23-9-10-24(4-2)12-14-25(13-11-23)15-18-21-19(22-26-18)16-5-7-17(20)8-6-16/h5-8H,3-4,9-15H2,1-2H3. The minimum atomic E-state index is -0.268. The molecule has 0 amide bonds. The molecule has 7 heteroatoms. The summed E-state index contributed by atoms with van der Waals surface area (Å²) in [5, 5.41) is 4.05. The molecule has 0 atom stereocenters. The van der Waals surface area contributed by atoms with Crippen molar-refractivity contribution >= 4 is 0 Å². The third-order valence-corrected chi connectivity index (χ3v) is 5.02. The number of halogens is 1. The first-order chi connectivity index (χ1) is 12.7. The summed E-state index contributed by atoms with van der Waals surface area (Å²) in [6, 6.07) is 6.16. The molecule has 1 aliphatic heterocycles. The van der Waals surface area contributed by atoms with Gasteiger partial charge in [-0.25, -0.2) is 4.39 Å². The lowest BCUT2D eigenvalue weighted by Crippen LogP contribution is -2.35. The molecule has 0 unspecified atom stereocenters. The third-order valence-electron chi connectivity index (χ3n) is 5.02. The first-order valence-corrected chi connectivity index (χ1v) is 9.43. The van der Waals surface area contributed by atoms with Crippen molar-refractivity contribution in [3.63, 3.8) is 0 Å². The lowest BCUT2D eigenvalue weighted by Gasteiger charge is -2.23. The topological polar surface area (TPSA) is 48.6 Å². The summed E-state index contributed by atoms with van der Waals surface area (Å²) in [5.74, 6) is 0.847. The van der Waals surface area contributed by atoms with Crippen LogP contribution in [0.15, 0.2) is 28.8 Å². The molecular formula is C19H28FN5O. The molecule has 1 aromatic heterocycles. The van der Waals surface area contributed by atoms with Crippen LogP contribution in [-0.4, -0.2) is 77.2 Å². The van der Waals surface area contributed by atoms with Crippen molar-refractivity contribution < 1.29 is 8.91 Å². The molecule has 2 aromatic rings. The van der Waals surface area contributed by atoms with Crippen LogP contribution in [-0.2, 0) is 6.54 Å². The fraction of sp³-hybridized carbons (Fsp3) is 0.579. The van der Waals surface area contributed by atoms with E-state index < -0.39 is 0 Å². The fourth-order valence-corrected chi connectivity index (χ4v) is 3.20. The Bertz CT molecular complexity index is 659. The third kappa shape index (κ3) is 5.09. The van der Waals surface area contributed by atoms with E-state index in [4.69, 9.17) is 4.52 Å². The molecule has 1 aliphatic rings. The Morgan fingerprint density at radius 1 is 0.885 bits per heavy atom. The summed E-state index contributed by atoms with van der Waals surface area (Å²) in [6.07, 6.45) is 0. The SMILES string of the molecule is CCN1CCN(CC)CCN(Cc2nc(-c3ccc(F)cc3)no2)CC1. The van der Waals surface area contributed by atoms with Crippen LogP contribution in [0.2, 0.25) is 0 Å². The summed E-state index contributed by atoms with van der Waals surface area (Å²) in [5.41, 5.74) is 0.764. The number of rotatable bonds is 5. The van der Waals surface area contributed by atoms with Crippen LogP contribution in [0.1, 0.15) is 19.7 Å². The maximum absolute atomic E-state index is 13.1. The number of likely N-dealkylation sites (N-methyl/N-ethyl adjacent to an activating group) is 2. The highest BCUT2D eigenvalue weighted by Gasteiger charge is 2.17. The predicted molar refractivity (Wildman–Crippen MR) is 99.2 cm³/mol. The van der Waals surface area contributed by atoms with Gasteiger partial charge in [-0.3, -0.25) is 4.90 Å². The van der Waals surface area contributed by atoms with Gasteiger partial charge < -0.3 is 14.3 Å². The molecule has 0 radical (unpaired) electrons. The average Bonchev–Trinajstić information content (AvgIpc) is 3.15. The number of aromatic nitrogens is 2. The van der Waals surface area contributed by atoms with Gasteiger partial charge in [0.2, 0.25) is 11.7 Å². The van der Waals surface area contributed by atoms with E-state index in [9.17, 15) is 4.39 Å². The normalized spacial score (nSPS) is 18.4. The molecule has 0 N–H and O–H groups in total. The minimum Gasteiger partial charge on any atom is -0.338 e. The van der Waals surface area contributed by atoms with E-state index in [2.05, 4.69) is 38.7 Å². The Balaban J connectivity index is 1.65. The van der Waals surface area contributed by atoms with E-state index in [-0.39, 0.29) is 5.82 Å². The van der Waals surface area contributed by atoms with Gasteiger partial charge in [-0.15, -0.1) is 0 Å². The van der Waals surface area contributed by atoms with Gasteiger partial charge in [0.15, 0.2) is 0 Å². The van der Waals surface area contributed by atoms with Crippen molar-refractivity contribution in [2.75, 3.05) is 52.4 Å². The van der Waals surface area contributed by atoms with Crippen molar-refractivity contribution in [3.05, 3.63) is 36.0 Å². The van der Waals surface area contributed by atoms with E-state index >= 15 is 0 Å².